The van der Waals surface area contributed by atoms with Gasteiger partial charge in [0.15, 0.2) is 0 Å². The monoisotopic (exact) mass is 536 g/mol. The Balaban J connectivity index is 0.00000684. The van der Waals surface area contributed by atoms with Gasteiger partial charge in [-0.25, -0.2) is 5.48 Å². The molecule has 0 saturated carbocycles. The molecule has 3 amide bonds. The molecule has 1 heterocycles. The van der Waals surface area contributed by atoms with E-state index in [-0.39, 0.29) is 42.5 Å². The minimum absolute atomic E-state index is 0. The molecule has 1 aliphatic rings. The van der Waals surface area contributed by atoms with Gasteiger partial charge in [0.2, 0.25) is 17.7 Å². The van der Waals surface area contributed by atoms with E-state index in [1.165, 1.54) is 5.01 Å². The molecule has 208 valence electrons. The molecular formula is C28H45ClN4O4. The summed E-state index contributed by atoms with van der Waals surface area (Å²) in [5, 5.41) is 14.2. The van der Waals surface area contributed by atoms with E-state index in [1.54, 1.807) is 5.48 Å². The molecule has 9 heteroatoms. The van der Waals surface area contributed by atoms with Gasteiger partial charge in [-0.3, -0.25) is 30.0 Å². The third-order valence-corrected chi connectivity index (χ3v) is 6.51. The zero-order valence-corrected chi connectivity index (χ0v) is 23.4. The number of hydrogen-bond acceptors (Lipinski definition) is 5. The molecule has 37 heavy (non-hydrogen) atoms. The van der Waals surface area contributed by atoms with Crippen molar-refractivity contribution in [2.45, 2.75) is 59.8 Å². The topological polar surface area (TPSA) is 111 Å². The zero-order chi connectivity index (χ0) is 26.5. The summed E-state index contributed by atoms with van der Waals surface area (Å²) in [5.74, 6) is -1.97. The summed E-state index contributed by atoms with van der Waals surface area (Å²) in [4.78, 5) is 39.4. The quantitative estimate of drug-likeness (QED) is 0.236. The van der Waals surface area contributed by atoms with Crippen LogP contribution in [0.4, 0.5) is 0 Å². The van der Waals surface area contributed by atoms with Crippen molar-refractivity contribution in [1.29, 1.82) is 0 Å². The van der Waals surface area contributed by atoms with Crippen molar-refractivity contribution in [3.8, 4) is 0 Å². The molecule has 0 bridgehead atoms. The Hall–Kier alpha value is -2.42. The Bertz CT molecular complexity index is 857. The van der Waals surface area contributed by atoms with Gasteiger partial charge in [0, 0.05) is 13.0 Å². The van der Waals surface area contributed by atoms with Gasteiger partial charge in [-0.05, 0) is 62.1 Å². The molecule has 0 unspecified atom stereocenters. The highest BCUT2D eigenvalue weighted by Crippen LogP contribution is 2.26. The number of hydrogen-bond donors (Lipinski definition) is 4. The van der Waals surface area contributed by atoms with Crippen molar-refractivity contribution in [1.82, 2.24) is 21.2 Å². The van der Waals surface area contributed by atoms with E-state index in [2.05, 4.69) is 10.7 Å². The minimum atomic E-state index is -0.780. The number of carbonyl (C=O) groups is 3. The van der Waals surface area contributed by atoms with Crippen LogP contribution in [0.2, 0.25) is 0 Å². The highest BCUT2D eigenvalue weighted by Gasteiger charge is 2.35. The molecule has 8 nitrogen and oxygen atoms in total. The van der Waals surface area contributed by atoms with Crippen LogP contribution in [-0.2, 0) is 14.4 Å². The number of amides is 3. The van der Waals surface area contributed by atoms with Crippen molar-refractivity contribution in [3.05, 3.63) is 42.0 Å². The van der Waals surface area contributed by atoms with E-state index in [0.29, 0.717) is 25.3 Å². The lowest BCUT2D eigenvalue weighted by Crippen LogP contribution is -2.52. The van der Waals surface area contributed by atoms with Gasteiger partial charge in [-0.2, -0.15) is 0 Å². The maximum Gasteiger partial charge on any atom is 0.247 e. The normalized spacial score (nSPS) is 15.8. The van der Waals surface area contributed by atoms with Gasteiger partial charge < -0.3 is 5.32 Å². The first-order chi connectivity index (χ1) is 17.2. The van der Waals surface area contributed by atoms with Crippen molar-refractivity contribution >= 4 is 36.2 Å². The first kappa shape index (κ1) is 32.6. The molecule has 0 aliphatic carbocycles. The van der Waals surface area contributed by atoms with Crippen LogP contribution in [0, 0.1) is 29.6 Å². The number of nitrogens with one attached hydrogen (secondary N) is 3. The summed E-state index contributed by atoms with van der Waals surface area (Å²) in [6, 6.07) is 9.69. The van der Waals surface area contributed by atoms with Crippen LogP contribution in [0.15, 0.2) is 36.4 Å². The summed E-state index contributed by atoms with van der Waals surface area (Å²) in [6.07, 6.45) is 6.75. The molecule has 2 rings (SSSR count). The van der Waals surface area contributed by atoms with Gasteiger partial charge in [0.05, 0.1) is 11.8 Å². The molecule has 1 fully saturated rings. The van der Waals surface area contributed by atoms with Crippen LogP contribution in [0.5, 0.6) is 0 Å². The summed E-state index contributed by atoms with van der Waals surface area (Å²) in [7, 11) is 0. The minimum Gasteiger partial charge on any atom is -0.317 e. The lowest BCUT2D eigenvalue weighted by atomic mass is 9.82. The predicted molar refractivity (Wildman–Crippen MR) is 149 cm³/mol. The standard InChI is InChI=1S/C28H44N4O4.ClH/c1-20(2)17-25(24(28(35)31-36)12-8-11-22-9-6-5-7-10-22)27(34)30-32(19-21(3)4)26(33)18-23-13-15-29-16-14-23;/h5-11,20-21,23-25,29,36H,12-19H2,1-4H3,(H,30,34)(H,31,35);1H/t24-,25+;/m0./s1. The second-order valence-corrected chi connectivity index (χ2v) is 10.6. The third-order valence-electron chi connectivity index (χ3n) is 6.51. The lowest BCUT2D eigenvalue weighted by Gasteiger charge is -2.32. The van der Waals surface area contributed by atoms with E-state index >= 15 is 0 Å². The van der Waals surface area contributed by atoms with E-state index in [4.69, 9.17) is 0 Å². The van der Waals surface area contributed by atoms with E-state index in [0.717, 1.165) is 31.5 Å². The van der Waals surface area contributed by atoms with E-state index < -0.39 is 17.7 Å². The molecule has 0 spiro atoms. The van der Waals surface area contributed by atoms with Crippen LogP contribution in [-0.4, -0.2) is 47.6 Å². The van der Waals surface area contributed by atoms with E-state index in [9.17, 15) is 19.6 Å². The van der Waals surface area contributed by atoms with Crippen LogP contribution >= 0.6 is 12.4 Å². The van der Waals surface area contributed by atoms with Crippen LogP contribution in [0.1, 0.15) is 65.4 Å². The number of nitrogens with zero attached hydrogens (tertiary/aromatic N) is 1. The van der Waals surface area contributed by atoms with Gasteiger partial charge >= 0.3 is 0 Å². The number of hydroxylamine groups is 1. The van der Waals surface area contributed by atoms with Crippen LogP contribution in [0.25, 0.3) is 6.08 Å². The maximum absolute atomic E-state index is 13.6. The number of hydrazine groups is 1. The number of carbonyl (C=O) groups excluding carboxylic acids is 3. The summed E-state index contributed by atoms with van der Waals surface area (Å²) < 4.78 is 0. The molecule has 1 aliphatic heterocycles. The van der Waals surface area contributed by atoms with Crippen LogP contribution in [0.3, 0.4) is 0 Å². The van der Waals surface area contributed by atoms with Gasteiger partial charge in [-0.15, -0.1) is 12.4 Å². The highest BCUT2D eigenvalue weighted by atomic mass is 35.5. The largest absolute Gasteiger partial charge is 0.317 e. The Labute approximate surface area is 228 Å². The Morgan fingerprint density at radius 3 is 2.24 bits per heavy atom. The van der Waals surface area contributed by atoms with Crippen molar-refractivity contribution in [2.24, 2.45) is 29.6 Å². The fraction of sp³-hybridized carbons (Fsp3) is 0.607. The second kappa shape index (κ2) is 17.2. The first-order valence-corrected chi connectivity index (χ1v) is 13.2. The Morgan fingerprint density at radius 2 is 1.68 bits per heavy atom. The smallest absolute Gasteiger partial charge is 0.247 e. The molecule has 1 aromatic carbocycles. The highest BCUT2D eigenvalue weighted by molar-refractivity contribution is 5.89. The number of rotatable bonds is 12. The number of benzene rings is 1. The van der Waals surface area contributed by atoms with E-state index in [1.807, 2.05) is 70.2 Å². The first-order valence-electron chi connectivity index (χ1n) is 13.2. The summed E-state index contributed by atoms with van der Waals surface area (Å²) in [6.45, 7) is 10.2. The molecule has 0 radical (unpaired) electrons. The Morgan fingerprint density at radius 1 is 1.03 bits per heavy atom. The van der Waals surface area contributed by atoms with Crippen LogP contribution < -0.4 is 16.2 Å². The van der Waals surface area contributed by atoms with Gasteiger partial charge in [0.1, 0.15) is 0 Å². The van der Waals surface area contributed by atoms with Crippen molar-refractivity contribution in [2.75, 3.05) is 19.6 Å². The molecule has 1 saturated heterocycles. The molecule has 4 N–H and O–H groups in total. The predicted octanol–water partition coefficient (Wildman–Crippen LogP) is 4.20. The molecule has 1 aromatic rings. The van der Waals surface area contributed by atoms with Crippen molar-refractivity contribution in [3.63, 3.8) is 0 Å². The fourth-order valence-corrected chi connectivity index (χ4v) is 4.65. The zero-order valence-electron chi connectivity index (χ0n) is 22.6. The number of allylic oxidation sites excluding steroid dienone is 1. The molecule has 0 aromatic heterocycles. The SMILES string of the molecule is CC(C)C[C@@H](C(=O)NN(CC(C)C)C(=O)CC1CCNCC1)[C@H](CC=Cc1ccccc1)C(=O)NO.Cl. The molecular weight excluding hydrogens is 492 g/mol. The summed E-state index contributed by atoms with van der Waals surface area (Å²) >= 11 is 0. The second-order valence-electron chi connectivity index (χ2n) is 10.6. The average molecular weight is 537 g/mol. The third kappa shape index (κ3) is 11.7. The number of piperidine rings is 1. The van der Waals surface area contributed by atoms with Gasteiger partial charge in [0.25, 0.3) is 0 Å². The van der Waals surface area contributed by atoms with Crippen molar-refractivity contribution < 1.29 is 19.6 Å². The average Bonchev–Trinajstić information content (AvgIpc) is 2.85. The lowest BCUT2D eigenvalue weighted by molar-refractivity contribution is -0.148. The fourth-order valence-electron chi connectivity index (χ4n) is 4.65. The number of halogens is 1. The maximum atomic E-state index is 13.6. The van der Waals surface area contributed by atoms with Gasteiger partial charge in [-0.1, -0.05) is 70.2 Å². The Kier molecular flexibility index (Phi) is 15.1. The molecule has 2 atom stereocenters. The summed E-state index contributed by atoms with van der Waals surface area (Å²) in [5.41, 5.74) is 5.58.